The summed E-state index contributed by atoms with van der Waals surface area (Å²) in [5.74, 6) is -0.553. The Labute approximate surface area is 172 Å². The number of hydrogen-bond acceptors (Lipinski definition) is 4. The highest BCUT2D eigenvalue weighted by atomic mass is 79.9. The molecule has 146 valence electrons. The highest BCUT2D eigenvalue weighted by molar-refractivity contribution is 9.10. The number of halogens is 2. The van der Waals surface area contributed by atoms with E-state index in [1.165, 1.54) is 12.1 Å². The molecule has 7 heteroatoms. The molecule has 1 fully saturated rings. The second kappa shape index (κ2) is 9.67. The minimum Gasteiger partial charge on any atom is -0.481 e. The summed E-state index contributed by atoms with van der Waals surface area (Å²) in [6.45, 7) is 3.54. The smallest absolute Gasteiger partial charge is 0.260 e. The van der Waals surface area contributed by atoms with Gasteiger partial charge in [0.05, 0.1) is 11.6 Å². The van der Waals surface area contributed by atoms with Crippen LogP contribution in [0.25, 0.3) is 0 Å². The van der Waals surface area contributed by atoms with Gasteiger partial charge in [-0.2, -0.15) is 5.26 Å². The predicted octanol–water partition coefficient (Wildman–Crippen LogP) is 3.57. The largest absolute Gasteiger partial charge is 0.481 e. The lowest BCUT2D eigenvalue weighted by Crippen LogP contribution is -2.38. The third kappa shape index (κ3) is 5.54. The van der Waals surface area contributed by atoms with E-state index in [1.807, 2.05) is 24.3 Å². The van der Waals surface area contributed by atoms with Crippen molar-refractivity contribution in [2.24, 2.45) is 0 Å². The average Bonchev–Trinajstić information content (AvgIpc) is 2.93. The second-order valence-corrected chi connectivity index (χ2v) is 7.60. The Morgan fingerprint density at radius 2 is 1.93 bits per heavy atom. The van der Waals surface area contributed by atoms with Gasteiger partial charge in [0, 0.05) is 37.2 Å². The van der Waals surface area contributed by atoms with Gasteiger partial charge in [0.15, 0.2) is 18.2 Å². The van der Waals surface area contributed by atoms with Crippen molar-refractivity contribution in [1.82, 2.24) is 9.80 Å². The Morgan fingerprint density at radius 1 is 1.14 bits per heavy atom. The van der Waals surface area contributed by atoms with Crippen molar-refractivity contribution in [3.63, 3.8) is 0 Å². The van der Waals surface area contributed by atoms with E-state index in [1.54, 1.807) is 11.0 Å². The maximum absolute atomic E-state index is 13.8. The zero-order valence-electron chi connectivity index (χ0n) is 15.4. The summed E-state index contributed by atoms with van der Waals surface area (Å²) in [6, 6.07) is 14.2. The van der Waals surface area contributed by atoms with Crippen LogP contribution in [0.1, 0.15) is 17.5 Å². The molecule has 1 saturated heterocycles. The second-order valence-electron chi connectivity index (χ2n) is 6.68. The lowest BCUT2D eigenvalue weighted by atomic mass is 10.1. The van der Waals surface area contributed by atoms with E-state index >= 15 is 0 Å². The van der Waals surface area contributed by atoms with Crippen molar-refractivity contribution in [3.05, 3.63) is 63.9 Å². The minimum atomic E-state index is -0.494. The predicted molar refractivity (Wildman–Crippen MR) is 107 cm³/mol. The SMILES string of the molecule is N#Cc1ccc(CN2CCCN(C(=O)COc3ccc(Br)cc3F)CC2)cc1. The highest BCUT2D eigenvalue weighted by Crippen LogP contribution is 2.21. The number of rotatable bonds is 5. The molecule has 0 aromatic heterocycles. The van der Waals surface area contributed by atoms with Crippen molar-refractivity contribution in [3.8, 4) is 11.8 Å². The van der Waals surface area contributed by atoms with Crippen LogP contribution in [0.2, 0.25) is 0 Å². The van der Waals surface area contributed by atoms with Crippen LogP contribution in [-0.2, 0) is 11.3 Å². The molecule has 0 bridgehead atoms. The van der Waals surface area contributed by atoms with Gasteiger partial charge in [0.2, 0.25) is 0 Å². The van der Waals surface area contributed by atoms with E-state index in [4.69, 9.17) is 10.00 Å². The normalized spacial score (nSPS) is 15.0. The molecule has 1 aliphatic rings. The fraction of sp³-hybridized carbons (Fsp3) is 0.333. The first-order valence-electron chi connectivity index (χ1n) is 9.12. The number of ether oxygens (including phenoxy) is 1. The molecule has 0 aliphatic carbocycles. The molecule has 2 aromatic rings. The van der Waals surface area contributed by atoms with Crippen molar-refractivity contribution in [2.45, 2.75) is 13.0 Å². The standard InChI is InChI=1S/C21H21BrFN3O2/c22-18-6-7-20(19(23)12-18)28-15-21(27)26-9-1-8-25(10-11-26)14-17-4-2-16(13-24)3-5-17/h2-7,12H,1,8-11,14-15H2. The van der Waals surface area contributed by atoms with Crippen LogP contribution in [0.4, 0.5) is 4.39 Å². The number of benzene rings is 2. The van der Waals surface area contributed by atoms with E-state index < -0.39 is 5.82 Å². The number of hydrogen-bond donors (Lipinski definition) is 0. The number of amides is 1. The van der Waals surface area contributed by atoms with E-state index in [2.05, 4.69) is 26.9 Å². The zero-order valence-corrected chi connectivity index (χ0v) is 17.0. The number of nitrogens with zero attached hydrogens (tertiary/aromatic N) is 3. The molecule has 0 atom stereocenters. The number of carbonyl (C=O) groups excluding carboxylic acids is 1. The Hall–Kier alpha value is -2.43. The molecule has 0 N–H and O–H groups in total. The molecule has 2 aromatic carbocycles. The molecule has 1 heterocycles. The topological polar surface area (TPSA) is 56.6 Å². The van der Waals surface area contributed by atoms with Crippen LogP contribution in [0, 0.1) is 17.1 Å². The molecule has 0 saturated carbocycles. The third-order valence-electron chi connectivity index (χ3n) is 4.68. The van der Waals surface area contributed by atoms with Gasteiger partial charge in [-0.25, -0.2) is 4.39 Å². The van der Waals surface area contributed by atoms with Crippen LogP contribution in [0.5, 0.6) is 5.75 Å². The van der Waals surface area contributed by atoms with Crippen LogP contribution in [0.3, 0.4) is 0 Å². The van der Waals surface area contributed by atoms with E-state index in [-0.39, 0.29) is 18.3 Å². The quantitative estimate of drug-likeness (QED) is 0.705. The Bertz CT molecular complexity index is 867. The molecule has 28 heavy (non-hydrogen) atoms. The molecular formula is C21H21BrFN3O2. The maximum atomic E-state index is 13.8. The maximum Gasteiger partial charge on any atom is 0.260 e. The summed E-state index contributed by atoms with van der Waals surface area (Å²) in [5, 5.41) is 8.88. The van der Waals surface area contributed by atoms with E-state index in [0.29, 0.717) is 23.1 Å². The Balaban J connectivity index is 1.49. The summed E-state index contributed by atoms with van der Waals surface area (Å²) in [5.41, 5.74) is 1.80. The van der Waals surface area contributed by atoms with E-state index in [0.717, 1.165) is 31.6 Å². The average molecular weight is 446 g/mol. The molecule has 1 aliphatic heterocycles. The lowest BCUT2D eigenvalue weighted by molar-refractivity contribution is -0.133. The minimum absolute atomic E-state index is 0.0776. The molecule has 0 spiro atoms. The fourth-order valence-electron chi connectivity index (χ4n) is 3.14. The summed E-state index contributed by atoms with van der Waals surface area (Å²) < 4.78 is 19.8. The molecule has 0 radical (unpaired) electrons. The number of nitriles is 1. The van der Waals surface area contributed by atoms with Crippen LogP contribution in [-0.4, -0.2) is 48.5 Å². The third-order valence-corrected chi connectivity index (χ3v) is 5.17. The number of carbonyl (C=O) groups is 1. The first kappa shape index (κ1) is 20.3. The van der Waals surface area contributed by atoms with Gasteiger partial charge in [-0.1, -0.05) is 28.1 Å². The van der Waals surface area contributed by atoms with Gasteiger partial charge in [-0.3, -0.25) is 9.69 Å². The zero-order chi connectivity index (χ0) is 19.9. The summed E-state index contributed by atoms with van der Waals surface area (Å²) in [4.78, 5) is 16.5. The van der Waals surface area contributed by atoms with Crippen molar-refractivity contribution >= 4 is 21.8 Å². The summed E-state index contributed by atoms with van der Waals surface area (Å²) in [7, 11) is 0. The first-order valence-corrected chi connectivity index (χ1v) is 9.91. The van der Waals surface area contributed by atoms with Gasteiger partial charge >= 0.3 is 0 Å². The summed E-state index contributed by atoms with van der Waals surface area (Å²) >= 11 is 3.19. The van der Waals surface area contributed by atoms with Crippen LogP contribution in [0.15, 0.2) is 46.9 Å². The Kier molecular flexibility index (Phi) is 7.01. The van der Waals surface area contributed by atoms with Gasteiger partial charge in [-0.15, -0.1) is 0 Å². The van der Waals surface area contributed by atoms with Crippen LogP contribution >= 0.6 is 15.9 Å². The van der Waals surface area contributed by atoms with Gasteiger partial charge in [0.25, 0.3) is 5.91 Å². The fourth-order valence-corrected chi connectivity index (χ4v) is 3.48. The highest BCUT2D eigenvalue weighted by Gasteiger charge is 2.20. The van der Waals surface area contributed by atoms with Gasteiger partial charge < -0.3 is 9.64 Å². The Morgan fingerprint density at radius 3 is 2.64 bits per heavy atom. The van der Waals surface area contributed by atoms with E-state index in [9.17, 15) is 9.18 Å². The molecule has 3 rings (SSSR count). The van der Waals surface area contributed by atoms with Crippen LogP contribution < -0.4 is 4.74 Å². The van der Waals surface area contributed by atoms with Crippen molar-refractivity contribution in [2.75, 3.05) is 32.8 Å². The first-order chi connectivity index (χ1) is 13.5. The monoisotopic (exact) mass is 445 g/mol. The molecule has 0 unspecified atom stereocenters. The molecule has 1 amide bonds. The lowest BCUT2D eigenvalue weighted by Gasteiger charge is -2.22. The van der Waals surface area contributed by atoms with Gasteiger partial charge in [-0.05, 0) is 42.3 Å². The van der Waals surface area contributed by atoms with Gasteiger partial charge in [0.1, 0.15) is 0 Å². The summed E-state index contributed by atoms with van der Waals surface area (Å²) in [6.07, 6.45) is 0.870. The molecule has 5 nitrogen and oxygen atoms in total. The van der Waals surface area contributed by atoms with Crippen molar-refractivity contribution < 1.29 is 13.9 Å². The molecular weight excluding hydrogens is 425 g/mol. The van der Waals surface area contributed by atoms with Crippen molar-refractivity contribution in [1.29, 1.82) is 5.26 Å².